The highest BCUT2D eigenvalue weighted by molar-refractivity contribution is 6.31. The third-order valence-electron chi connectivity index (χ3n) is 1.29. The summed E-state index contributed by atoms with van der Waals surface area (Å²) in [7, 11) is 0. The SMILES string of the molecule is [O]C(=O)Cc1ccccc1Cl. The van der Waals surface area contributed by atoms with E-state index < -0.39 is 5.97 Å². The molecule has 2 nitrogen and oxygen atoms in total. The zero-order valence-corrected chi connectivity index (χ0v) is 6.47. The molecule has 0 aromatic heterocycles. The summed E-state index contributed by atoms with van der Waals surface area (Å²) >= 11 is 5.68. The van der Waals surface area contributed by atoms with Gasteiger partial charge in [0, 0.05) is 5.02 Å². The fourth-order valence-electron chi connectivity index (χ4n) is 0.797. The van der Waals surface area contributed by atoms with E-state index in [4.69, 9.17) is 11.6 Å². The first kappa shape index (κ1) is 8.08. The molecule has 3 heteroatoms. The fourth-order valence-corrected chi connectivity index (χ4v) is 1.000. The van der Waals surface area contributed by atoms with E-state index in [-0.39, 0.29) is 6.42 Å². The van der Waals surface area contributed by atoms with Gasteiger partial charge in [0.05, 0.1) is 6.42 Å². The van der Waals surface area contributed by atoms with E-state index in [2.05, 4.69) is 0 Å². The Balaban J connectivity index is 2.86. The fraction of sp³-hybridized carbons (Fsp3) is 0.125. The Hall–Kier alpha value is -1.02. The molecule has 0 unspecified atom stereocenters. The Morgan fingerprint density at radius 3 is 2.55 bits per heavy atom. The van der Waals surface area contributed by atoms with Crippen LogP contribution in [0.15, 0.2) is 24.3 Å². The van der Waals surface area contributed by atoms with Crippen molar-refractivity contribution < 1.29 is 9.90 Å². The standard InChI is InChI=1S/C8H6ClO2/c9-7-4-2-1-3-6(7)5-8(10)11/h1-4H,5H2. The van der Waals surface area contributed by atoms with Gasteiger partial charge < -0.3 is 0 Å². The van der Waals surface area contributed by atoms with Crippen LogP contribution in [0, 0.1) is 0 Å². The molecule has 1 radical (unpaired) electrons. The van der Waals surface area contributed by atoms with Crippen molar-refractivity contribution in [2.24, 2.45) is 0 Å². The number of carbonyl (C=O) groups excluding carboxylic acids is 1. The van der Waals surface area contributed by atoms with Crippen molar-refractivity contribution in [1.29, 1.82) is 0 Å². The van der Waals surface area contributed by atoms with Gasteiger partial charge in [-0.1, -0.05) is 29.8 Å². The Morgan fingerprint density at radius 2 is 2.00 bits per heavy atom. The van der Waals surface area contributed by atoms with Crippen molar-refractivity contribution in [1.82, 2.24) is 0 Å². The molecule has 11 heavy (non-hydrogen) atoms. The number of carbonyl (C=O) groups is 1. The van der Waals surface area contributed by atoms with Crippen LogP contribution in [0.2, 0.25) is 5.02 Å². The summed E-state index contributed by atoms with van der Waals surface area (Å²) in [4.78, 5) is 10.2. The molecule has 0 amide bonds. The smallest absolute Gasteiger partial charge is 0.247 e. The lowest BCUT2D eigenvalue weighted by Crippen LogP contribution is -1.98. The van der Waals surface area contributed by atoms with Gasteiger partial charge in [0.25, 0.3) is 0 Å². The third kappa shape index (κ3) is 2.24. The maximum absolute atomic E-state index is 10.2. The van der Waals surface area contributed by atoms with E-state index in [0.717, 1.165) is 0 Å². The van der Waals surface area contributed by atoms with Crippen LogP contribution in [0.5, 0.6) is 0 Å². The Bertz CT molecular complexity index is 271. The quantitative estimate of drug-likeness (QED) is 0.666. The van der Waals surface area contributed by atoms with Crippen LogP contribution in [0.25, 0.3) is 0 Å². The molecule has 0 spiro atoms. The number of benzene rings is 1. The van der Waals surface area contributed by atoms with Crippen LogP contribution >= 0.6 is 11.6 Å². The molecule has 0 heterocycles. The van der Waals surface area contributed by atoms with E-state index in [9.17, 15) is 9.90 Å². The molecule has 0 aliphatic rings. The molecule has 0 bridgehead atoms. The van der Waals surface area contributed by atoms with Gasteiger partial charge in [0.15, 0.2) is 0 Å². The van der Waals surface area contributed by atoms with E-state index >= 15 is 0 Å². The lowest BCUT2D eigenvalue weighted by Gasteiger charge is -1.96. The second-order valence-electron chi connectivity index (χ2n) is 2.14. The zero-order chi connectivity index (χ0) is 8.27. The Morgan fingerprint density at radius 1 is 1.36 bits per heavy atom. The van der Waals surface area contributed by atoms with Gasteiger partial charge in [-0.3, -0.25) is 0 Å². The van der Waals surface area contributed by atoms with Crippen molar-refractivity contribution in [2.45, 2.75) is 6.42 Å². The number of hydrogen-bond donors (Lipinski definition) is 0. The van der Waals surface area contributed by atoms with Crippen LogP contribution in [0.1, 0.15) is 5.56 Å². The van der Waals surface area contributed by atoms with Crippen LogP contribution < -0.4 is 0 Å². The molecule has 0 aliphatic carbocycles. The molecule has 57 valence electrons. The molecule has 0 N–H and O–H groups in total. The molecule has 0 aliphatic heterocycles. The van der Waals surface area contributed by atoms with Gasteiger partial charge in [-0.05, 0) is 11.6 Å². The molecule has 1 rings (SSSR count). The summed E-state index contributed by atoms with van der Waals surface area (Å²) in [6.45, 7) is 0. The van der Waals surface area contributed by atoms with Crippen LogP contribution in [-0.2, 0) is 16.3 Å². The molecule has 1 aromatic rings. The monoisotopic (exact) mass is 169 g/mol. The van der Waals surface area contributed by atoms with Gasteiger partial charge in [0.2, 0.25) is 0 Å². The Kier molecular flexibility index (Phi) is 2.49. The largest absolute Gasteiger partial charge is 0.359 e. The summed E-state index contributed by atoms with van der Waals surface area (Å²) in [5, 5.41) is 10.6. The first-order chi connectivity index (χ1) is 5.20. The maximum Gasteiger partial charge on any atom is 0.359 e. The third-order valence-corrected chi connectivity index (χ3v) is 1.66. The molecule has 0 saturated heterocycles. The summed E-state index contributed by atoms with van der Waals surface area (Å²) in [6, 6.07) is 6.81. The topological polar surface area (TPSA) is 37.0 Å². The molecular formula is C8H6ClO2. The maximum atomic E-state index is 10.2. The average Bonchev–Trinajstić information content (AvgIpc) is 1.93. The average molecular weight is 170 g/mol. The molecular weight excluding hydrogens is 164 g/mol. The van der Waals surface area contributed by atoms with Gasteiger partial charge in [-0.25, -0.2) is 9.90 Å². The van der Waals surface area contributed by atoms with Gasteiger partial charge in [0.1, 0.15) is 0 Å². The predicted molar refractivity (Wildman–Crippen MR) is 40.8 cm³/mol. The Labute approximate surface area is 69.4 Å². The highest BCUT2D eigenvalue weighted by atomic mass is 35.5. The minimum absolute atomic E-state index is 0.125. The van der Waals surface area contributed by atoms with Crippen LogP contribution in [0.3, 0.4) is 0 Å². The number of rotatable bonds is 2. The molecule has 1 aromatic carbocycles. The lowest BCUT2D eigenvalue weighted by atomic mass is 10.1. The van der Waals surface area contributed by atoms with Crippen LogP contribution in [0.4, 0.5) is 0 Å². The van der Waals surface area contributed by atoms with E-state index in [1.807, 2.05) is 0 Å². The van der Waals surface area contributed by atoms with E-state index in [1.54, 1.807) is 24.3 Å². The highest BCUT2D eigenvalue weighted by Crippen LogP contribution is 2.14. The van der Waals surface area contributed by atoms with Gasteiger partial charge in [-0.15, -0.1) is 0 Å². The van der Waals surface area contributed by atoms with Gasteiger partial charge >= 0.3 is 5.97 Å². The van der Waals surface area contributed by atoms with E-state index in [0.29, 0.717) is 10.6 Å². The minimum atomic E-state index is -1.11. The molecule has 0 fully saturated rings. The van der Waals surface area contributed by atoms with E-state index in [1.165, 1.54) is 0 Å². The molecule has 0 atom stereocenters. The normalized spacial score (nSPS) is 9.55. The van der Waals surface area contributed by atoms with Crippen molar-refractivity contribution >= 4 is 17.6 Å². The second kappa shape index (κ2) is 3.39. The highest BCUT2D eigenvalue weighted by Gasteiger charge is 2.04. The van der Waals surface area contributed by atoms with Crippen molar-refractivity contribution in [2.75, 3.05) is 0 Å². The lowest BCUT2D eigenvalue weighted by molar-refractivity contribution is -0.142. The predicted octanol–water partition coefficient (Wildman–Crippen LogP) is 1.84. The van der Waals surface area contributed by atoms with Crippen molar-refractivity contribution in [3.8, 4) is 0 Å². The van der Waals surface area contributed by atoms with Gasteiger partial charge in [-0.2, -0.15) is 0 Å². The second-order valence-corrected chi connectivity index (χ2v) is 2.55. The van der Waals surface area contributed by atoms with Crippen molar-refractivity contribution in [3.05, 3.63) is 34.9 Å². The summed E-state index contributed by atoms with van der Waals surface area (Å²) < 4.78 is 0. The number of hydrogen-bond acceptors (Lipinski definition) is 1. The van der Waals surface area contributed by atoms with Crippen molar-refractivity contribution in [3.63, 3.8) is 0 Å². The summed E-state index contributed by atoms with van der Waals surface area (Å²) in [5.74, 6) is -1.11. The van der Waals surface area contributed by atoms with Crippen LogP contribution in [-0.4, -0.2) is 5.97 Å². The summed E-state index contributed by atoms with van der Waals surface area (Å²) in [5.41, 5.74) is 0.592. The first-order valence-corrected chi connectivity index (χ1v) is 3.51. The minimum Gasteiger partial charge on any atom is -0.247 e. The zero-order valence-electron chi connectivity index (χ0n) is 5.71. The molecule has 0 saturated carbocycles. The summed E-state index contributed by atoms with van der Waals surface area (Å²) in [6.07, 6.45) is -0.125. The number of halogens is 1. The first-order valence-electron chi connectivity index (χ1n) is 3.13.